The molecule has 0 fully saturated rings. The number of carbonyl (C=O) groups excluding carboxylic acids is 1. The fraction of sp³-hybridized carbons (Fsp3) is 0.632. The number of nitrogens with one attached hydrogen (secondary N) is 1. The predicted molar refractivity (Wildman–Crippen MR) is 94.1 cm³/mol. The standard InChI is InChI=1S/C19H32N2O/c1-6-16(17-11-8-7-9-12-17)15-19(2,3)18(22)20-13-10-14-21(4)5/h7-9,11-12,16H,6,10,13-15H2,1-5H3,(H,20,22). The SMILES string of the molecule is CCC(CC(C)(C)C(=O)NCCCN(C)C)c1ccccc1. The molecule has 22 heavy (non-hydrogen) atoms. The second kappa shape index (κ2) is 8.94. The highest BCUT2D eigenvalue weighted by Crippen LogP contribution is 2.33. The predicted octanol–water partition coefficient (Wildman–Crippen LogP) is 3.66. The molecule has 1 aromatic carbocycles. The van der Waals surface area contributed by atoms with Gasteiger partial charge in [-0.3, -0.25) is 4.79 Å². The minimum atomic E-state index is -0.339. The van der Waals surface area contributed by atoms with Crippen LogP contribution in [0.25, 0.3) is 0 Å². The zero-order chi connectivity index (χ0) is 16.6. The summed E-state index contributed by atoms with van der Waals surface area (Å²) in [7, 11) is 4.11. The molecule has 1 atom stereocenters. The van der Waals surface area contributed by atoms with E-state index in [1.807, 2.05) is 6.07 Å². The molecular weight excluding hydrogens is 272 g/mol. The van der Waals surface area contributed by atoms with Crippen molar-refractivity contribution in [3.63, 3.8) is 0 Å². The van der Waals surface area contributed by atoms with E-state index in [4.69, 9.17) is 0 Å². The number of hydrogen-bond acceptors (Lipinski definition) is 2. The van der Waals surface area contributed by atoms with Gasteiger partial charge in [-0.15, -0.1) is 0 Å². The highest BCUT2D eigenvalue weighted by molar-refractivity contribution is 5.81. The van der Waals surface area contributed by atoms with E-state index in [1.54, 1.807) is 0 Å². The Balaban J connectivity index is 2.55. The lowest BCUT2D eigenvalue weighted by Gasteiger charge is -2.28. The van der Waals surface area contributed by atoms with Gasteiger partial charge in [0.1, 0.15) is 0 Å². The number of nitrogens with zero attached hydrogens (tertiary/aromatic N) is 1. The van der Waals surface area contributed by atoms with Crippen molar-refractivity contribution >= 4 is 5.91 Å². The van der Waals surface area contributed by atoms with E-state index in [0.29, 0.717) is 5.92 Å². The summed E-state index contributed by atoms with van der Waals surface area (Å²) >= 11 is 0. The smallest absolute Gasteiger partial charge is 0.225 e. The van der Waals surface area contributed by atoms with Gasteiger partial charge in [-0.1, -0.05) is 51.1 Å². The van der Waals surface area contributed by atoms with Crippen LogP contribution in [0.3, 0.4) is 0 Å². The number of hydrogen-bond donors (Lipinski definition) is 1. The normalized spacial score (nSPS) is 13.2. The van der Waals surface area contributed by atoms with Crippen molar-refractivity contribution in [2.24, 2.45) is 5.41 Å². The Labute approximate surface area is 136 Å². The minimum absolute atomic E-state index is 0.167. The molecule has 0 saturated heterocycles. The molecule has 0 saturated carbocycles. The van der Waals surface area contributed by atoms with Crippen molar-refractivity contribution in [3.05, 3.63) is 35.9 Å². The van der Waals surface area contributed by atoms with Gasteiger partial charge in [0.2, 0.25) is 5.91 Å². The van der Waals surface area contributed by atoms with Crippen molar-refractivity contribution in [2.45, 2.75) is 46.0 Å². The summed E-state index contributed by atoms with van der Waals surface area (Å²) in [5, 5.41) is 3.09. The molecule has 0 radical (unpaired) electrons. The van der Waals surface area contributed by atoms with Gasteiger partial charge >= 0.3 is 0 Å². The van der Waals surface area contributed by atoms with E-state index in [0.717, 1.165) is 32.4 Å². The Bertz CT molecular complexity index is 440. The molecule has 0 spiro atoms. The summed E-state index contributed by atoms with van der Waals surface area (Å²) in [4.78, 5) is 14.6. The van der Waals surface area contributed by atoms with Crippen LogP contribution in [0.15, 0.2) is 30.3 Å². The first-order valence-corrected chi connectivity index (χ1v) is 8.34. The van der Waals surface area contributed by atoms with E-state index in [-0.39, 0.29) is 11.3 Å². The minimum Gasteiger partial charge on any atom is -0.356 e. The monoisotopic (exact) mass is 304 g/mol. The lowest BCUT2D eigenvalue weighted by Crippen LogP contribution is -2.39. The lowest BCUT2D eigenvalue weighted by molar-refractivity contribution is -0.129. The summed E-state index contributed by atoms with van der Waals surface area (Å²) in [6.45, 7) is 8.06. The Kier molecular flexibility index (Phi) is 7.60. The first-order chi connectivity index (χ1) is 10.4. The largest absolute Gasteiger partial charge is 0.356 e. The van der Waals surface area contributed by atoms with Crippen LogP contribution < -0.4 is 5.32 Å². The number of benzene rings is 1. The van der Waals surface area contributed by atoms with Crippen molar-refractivity contribution < 1.29 is 4.79 Å². The Morgan fingerprint density at radius 2 is 1.86 bits per heavy atom. The fourth-order valence-corrected chi connectivity index (χ4v) is 2.77. The van der Waals surface area contributed by atoms with E-state index >= 15 is 0 Å². The highest BCUT2D eigenvalue weighted by Gasteiger charge is 2.30. The summed E-state index contributed by atoms with van der Waals surface area (Å²) in [5.74, 6) is 0.601. The summed E-state index contributed by atoms with van der Waals surface area (Å²) in [6.07, 6.45) is 2.93. The molecule has 0 aliphatic heterocycles. The van der Waals surface area contributed by atoms with E-state index in [2.05, 4.69) is 69.3 Å². The molecular formula is C19H32N2O. The van der Waals surface area contributed by atoms with Crippen LogP contribution >= 0.6 is 0 Å². The third-order valence-corrected chi connectivity index (χ3v) is 4.20. The van der Waals surface area contributed by atoms with E-state index in [9.17, 15) is 4.79 Å². The number of rotatable bonds is 9. The highest BCUT2D eigenvalue weighted by atomic mass is 16.2. The number of carbonyl (C=O) groups is 1. The van der Waals surface area contributed by atoms with Gasteiger partial charge in [0.25, 0.3) is 0 Å². The van der Waals surface area contributed by atoms with Gasteiger partial charge in [-0.25, -0.2) is 0 Å². The topological polar surface area (TPSA) is 32.3 Å². The quantitative estimate of drug-likeness (QED) is 0.706. The van der Waals surface area contributed by atoms with Gasteiger partial charge < -0.3 is 10.2 Å². The van der Waals surface area contributed by atoms with Gasteiger partial charge in [0.05, 0.1) is 0 Å². The average Bonchev–Trinajstić information content (AvgIpc) is 2.49. The Hall–Kier alpha value is -1.35. The third kappa shape index (κ3) is 6.18. The van der Waals surface area contributed by atoms with Gasteiger partial charge in [-0.2, -0.15) is 0 Å². The van der Waals surface area contributed by atoms with Crippen molar-refractivity contribution in [1.29, 1.82) is 0 Å². The van der Waals surface area contributed by atoms with Crippen molar-refractivity contribution in [1.82, 2.24) is 10.2 Å². The van der Waals surface area contributed by atoms with Crippen LogP contribution in [-0.2, 0) is 4.79 Å². The second-order valence-corrected chi connectivity index (χ2v) is 7.02. The second-order valence-electron chi connectivity index (χ2n) is 7.02. The summed E-state index contributed by atoms with van der Waals surface area (Å²) < 4.78 is 0. The first-order valence-electron chi connectivity index (χ1n) is 8.34. The Morgan fingerprint density at radius 1 is 1.23 bits per heavy atom. The zero-order valence-electron chi connectivity index (χ0n) is 14.9. The van der Waals surface area contributed by atoms with Crippen molar-refractivity contribution in [2.75, 3.05) is 27.2 Å². The molecule has 0 aliphatic rings. The van der Waals surface area contributed by atoms with Gasteiger partial charge in [0, 0.05) is 12.0 Å². The maximum Gasteiger partial charge on any atom is 0.225 e. The van der Waals surface area contributed by atoms with Crippen LogP contribution in [0.5, 0.6) is 0 Å². The molecule has 124 valence electrons. The molecule has 0 bridgehead atoms. The molecule has 3 nitrogen and oxygen atoms in total. The molecule has 0 heterocycles. The first kappa shape index (κ1) is 18.7. The van der Waals surface area contributed by atoms with E-state index < -0.39 is 0 Å². The molecule has 0 aliphatic carbocycles. The third-order valence-electron chi connectivity index (χ3n) is 4.20. The van der Waals surface area contributed by atoms with Gasteiger partial charge in [-0.05, 0) is 51.4 Å². The molecule has 1 amide bonds. The number of amides is 1. The molecule has 0 aromatic heterocycles. The van der Waals surface area contributed by atoms with Crippen LogP contribution in [-0.4, -0.2) is 38.0 Å². The fourth-order valence-electron chi connectivity index (χ4n) is 2.77. The molecule has 1 rings (SSSR count). The van der Waals surface area contributed by atoms with Crippen molar-refractivity contribution in [3.8, 4) is 0 Å². The van der Waals surface area contributed by atoms with Gasteiger partial charge in [0.15, 0.2) is 0 Å². The van der Waals surface area contributed by atoms with Crippen LogP contribution in [0.2, 0.25) is 0 Å². The van der Waals surface area contributed by atoms with E-state index in [1.165, 1.54) is 5.56 Å². The Morgan fingerprint density at radius 3 is 2.41 bits per heavy atom. The maximum absolute atomic E-state index is 12.5. The van der Waals surface area contributed by atoms with Crippen LogP contribution in [0, 0.1) is 5.41 Å². The van der Waals surface area contributed by atoms with Crippen LogP contribution in [0.4, 0.5) is 0 Å². The summed E-state index contributed by atoms with van der Waals surface area (Å²) in [6, 6.07) is 10.5. The summed E-state index contributed by atoms with van der Waals surface area (Å²) in [5.41, 5.74) is 0.993. The molecule has 3 heteroatoms. The van der Waals surface area contributed by atoms with Crippen LogP contribution in [0.1, 0.15) is 51.5 Å². The maximum atomic E-state index is 12.5. The average molecular weight is 304 g/mol. The zero-order valence-corrected chi connectivity index (χ0v) is 14.9. The molecule has 1 aromatic rings. The molecule has 1 unspecified atom stereocenters. The molecule has 1 N–H and O–H groups in total. The lowest BCUT2D eigenvalue weighted by atomic mass is 9.78.